The summed E-state index contributed by atoms with van der Waals surface area (Å²) in [5, 5.41) is 0.806. The molecule has 2 aromatic carbocycles. The molecule has 96 valence electrons. The molecule has 0 atom stereocenters. The van der Waals surface area contributed by atoms with Gasteiger partial charge < -0.3 is 0 Å². The van der Waals surface area contributed by atoms with Crippen molar-refractivity contribution in [2.45, 2.75) is 0 Å². The molecule has 20 heavy (non-hydrogen) atoms. The van der Waals surface area contributed by atoms with Crippen molar-refractivity contribution in [3.8, 4) is 11.1 Å². The molecule has 2 heterocycles. The third-order valence-corrected chi connectivity index (χ3v) is 4.12. The van der Waals surface area contributed by atoms with Crippen molar-refractivity contribution in [3.05, 3.63) is 60.0 Å². The lowest BCUT2D eigenvalue weighted by atomic mass is 10.0. The van der Waals surface area contributed by atoms with Crippen LogP contribution in [0.15, 0.2) is 54.2 Å². The highest BCUT2D eigenvalue weighted by molar-refractivity contribution is 7.16. The molecule has 0 saturated heterocycles. The standard InChI is InChI=1S/C16H9FN2S/c17-12-6-11-2-1-5-18-16(11)13(8-12)10-3-4-15-14(7-10)19-9-20-15/h1-9H. The van der Waals surface area contributed by atoms with Gasteiger partial charge in [0.15, 0.2) is 0 Å². The Bertz CT molecular complexity index is 930. The van der Waals surface area contributed by atoms with Crippen LogP contribution in [0, 0.1) is 5.82 Å². The van der Waals surface area contributed by atoms with Gasteiger partial charge in [-0.15, -0.1) is 11.3 Å². The minimum atomic E-state index is -0.251. The fourth-order valence-electron chi connectivity index (χ4n) is 2.40. The van der Waals surface area contributed by atoms with Gasteiger partial charge in [-0.05, 0) is 35.9 Å². The summed E-state index contributed by atoms with van der Waals surface area (Å²) in [5.74, 6) is -0.251. The number of benzene rings is 2. The maximum Gasteiger partial charge on any atom is 0.124 e. The molecule has 0 saturated carbocycles. The molecule has 0 aliphatic carbocycles. The minimum Gasteiger partial charge on any atom is -0.256 e. The molecular formula is C16H9FN2S. The lowest BCUT2D eigenvalue weighted by Crippen LogP contribution is -1.87. The van der Waals surface area contributed by atoms with E-state index in [-0.39, 0.29) is 5.82 Å². The highest BCUT2D eigenvalue weighted by atomic mass is 32.1. The van der Waals surface area contributed by atoms with Crippen LogP contribution in [0.2, 0.25) is 0 Å². The van der Waals surface area contributed by atoms with E-state index in [4.69, 9.17) is 0 Å². The quantitative estimate of drug-likeness (QED) is 0.507. The molecule has 4 rings (SSSR count). The average Bonchev–Trinajstić information content (AvgIpc) is 2.93. The monoisotopic (exact) mass is 280 g/mol. The van der Waals surface area contributed by atoms with Crippen LogP contribution >= 0.6 is 11.3 Å². The van der Waals surface area contributed by atoms with Crippen molar-refractivity contribution in [3.63, 3.8) is 0 Å². The number of rotatable bonds is 1. The van der Waals surface area contributed by atoms with Crippen LogP contribution < -0.4 is 0 Å². The molecule has 4 heteroatoms. The topological polar surface area (TPSA) is 25.8 Å². The molecule has 0 aliphatic heterocycles. The van der Waals surface area contributed by atoms with Crippen molar-refractivity contribution < 1.29 is 4.39 Å². The van der Waals surface area contributed by atoms with Crippen LogP contribution in [0.25, 0.3) is 32.2 Å². The van der Waals surface area contributed by atoms with E-state index in [1.807, 2.05) is 35.8 Å². The summed E-state index contributed by atoms with van der Waals surface area (Å²) >= 11 is 1.60. The summed E-state index contributed by atoms with van der Waals surface area (Å²) < 4.78 is 14.9. The zero-order valence-corrected chi connectivity index (χ0v) is 11.2. The second-order valence-corrected chi connectivity index (χ2v) is 5.45. The second kappa shape index (κ2) is 4.35. The van der Waals surface area contributed by atoms with E-state index in [0.29, 0.717) is 0 Å². The van der Waals surface area contributed by atoms with E-state index < -0.39 is 0 Å². The van der Waals surface area contributed by atoms with Gasteiger partial charge >= 0.3 is 0 Å². The summed E-state index contributed by atoms with van der Waals surface area (Å²) in [7, 11) is 0. The zero-order valence-electron chi connectivity index (χ0n) is 10.4. The second-order valence-electron chi connectivity index (χ2n) is 4.56. The van der Waals surface area contributed by atoms with Crippen molar-refractivity contribution in [2.24, 2.45) is 0 Å². The summed E-state index contributed by atoms with van der Waals surface area (Å²) in [6, 6.07) is 12.7. The van der Waals surface area contributed by atoms with Gasteiger partial charge in [0, 0.05) is 17.1 Å². The van der Waals surface area contributed by atoms with Crippen LogP contribution in [0.3, 0.4) is 0 Å². The van der Waals surface area contributed by atoms with E-state index in [1.54, 1.807) is 17.5 Å². The lowest BCUT2D eigenvalue weighted by Gasteiger charge is -2.06. The van der Waals surface area contributed by atoms with Crippen molar-refractivity contribution in [2.75, 3.05) is 0 Å². The van der Waals surface area contributed by atoms with E-state index in [0.717, 1.165) is 32.2 Å². The van der Waals surface area contributed by atoms with Crippen molar-refractivity contribution in [1.82, 2.24) is 9.97 Å². The molecule has 2 nitrogen and oxygen atoms in total. The third kappa shape index (κ3) is 1.77. The highest BCUT2D eigenvalue weighted by Crippen LogP contribution is 2.31. The molecule has 0 fully saturated rings. The minimum absolute atomic E-state index is 0.251. The van der Waals surface area contributed by atoms with Crippen molar-refractivity contribution >= 4 is 32.5 Å². The van der Waals surface area contributed by atoms with Crippen LogP contribution in [0.5, 0.6) is 0 Å². The first-order valence-corrected chi connectivity index (χ1v) is 7.07. The first-order chi connectivity index (χ1) is 9.81. The number of halogens is 1. The zero-order chi connectivity index (χ0) is 13.5. The molecule has 0 radical (unpaired) electrons. The van der Waals surface area contributed by atoms with Crippen LogP contribution in [-0.4, -0.2) is 9.97 Å². The van der Waals surface area contributed by atoms with Crippen LogP contribution in [-0.2, 0) is 0 Å². The van der Waals surface area contributed by atoms with Crippen molar-refractivity contribution in [1.29, 1.82) is 0 Å². The van der Waals surface area contributed by atoms with Gasteiger partial charge in [-0.3, -0.25) is 4.98 Å². The SMILES string of the molecule is Fc1cc(-c2ccc3scnc3c2)c2ncccc2c1. The number of fused-ring (bicyclic) bond motifs is 2. The van der Waals surface area contributed by atoms with E-state index >= 15 is 0 Å². The maximum atomic E-state index is 13.8. The van der Waals surface area contributed by atoms with Gasteiger partial charge in [-0.1, -0.05) is 12.1 Å². The number of nitrogens with zero attached hydrogens (tertiary/aromatic N) is 2. The van der Waals surface area contributed by atoms with Gasteiger partial charge in [0.05, 0.1) is 21.2 Å². The Kier molecular flexibility index (Phi) is 2.50. The summed E-state index contributed by atoms with van der Waals surface area (Å²) in [4.78, 5) is 8.69. The molecule has 0 aliphatic rings. The Labute approximate surface area is 118 Å². The highest BCUT2D eigenvalue weighted by Gasteiger charge is 2.09. The number of aromatic nitrogens is 2. The van der Waals surface area contributed by atoms with Gasteiger partial charge in [0.25, 0.3) is 0 Å². The molecule has 0 N–H and O–H groups in total. The smallest absolute Gasteiger partial charge is 0.124 e. The third-order valence-electron chi connectivity index (χ3n) is 3.31. The van der Waals surface area contributed by atoms with Gasteiger partial charge in [-0.2, -0.15) is 0 Å². The predicted octanol–water partition coefficient (Wildman–Crippen LogP) is 4.65. The Morgan fingerprint density at radius 3 is 2.90 bits per heavy atom. The Balaban J connectivity index is 2.05. The Morgan fingerprint density at radius 1 is 1.00 bits per heavy atom. The fourth-order valence-corrected chi connectivity index (χ4v) is 3.06. The average molecular weight is 280 g/mol. The molecule has 2 aromatic heterocycles. The van der Waals surface area contributed by atoms with Gasteiger partial charge in [-0.25, -0.2) is 9.37 Å². The maximum absolute atomic E-state index is 13.8. The lowest BCUT2D eigenvalue weighted by molar-refractivity contribution is 0.630. The normalized spacial score (nSPS) is 11.2. The predicted molar refractivity (Wildman–Crippen MR) is 80.3 cm³/mol. The molecular weight excluding hydrogens is 271 g/mol. The molecule has 0 spiro atoms. The van der Waals surface area contributed by atoms with E-state index in [9.17, 15) is 4.39 Å². The van der Waals surface area contributed by atoms with E-state index in [2.05, 4.69) is 9.97 Å². The fraction of sp³-hybridized carbons (Fsp3) is 0. The van der Waals surface area contributed by atoms with Gasteiger partial charge in [0.1, 0.15) is 5.82 Å². The Hall–Kier alpha value is -2.33. The summed E-state index contributed by atoms with van der Waals surface area (Å²) in [5.41, 5.74) is 5.29. The number of hydrogen-bond acceptors (Lipinski definition) is 3. The van der Waals surface area contributed by atoms with E-state index in [1.165, 1.54) is 12.1 Å². The number of hydrogen-bond donors (Lipinski definition) is 0. The Morgan fingerprint density at radius 2 is 1.95 bits per heavy atom. The summed E-state index contributed by atoms with van der Waals surface area (Å²) in [6.07, 6.45) is 1.73. The van der Waals surface area contributed by atoms with Crippen LogP contribution in [0.1, 0.15) is 0 Å². The number of thiazole rings is 1. The van der Waals surface area contributed by atoms with Crippen LogP contribution in [0.4, 0.5) is 4.39 Å². The molecule has 0 bridgehead atoms. The summed E-state index contributed by atoms with van der Waals surface area (Å²) in [6.45, 7) is 0. The first kappa shape index (κ1) is 11.5. The molecule has 0 unspecified atom stereocenters. The van der Waals surface area contributed by atoms with Gasteiger partial charge in [0.2, 0.25) is 0 Å². The largest absolute Gasteiger partial charge is 0.256 e. The molecule has 4 aromatic rings. The number of pyridine rings is 1. The molecule has 0 amide bonds. The first-order valence-electron chi connectivity index (χ1n) is 6.19.